The SMILES string of the molecule is N#Cc1cc(C#N)cc(C#[N+]c2ccc(C3CNCCN3)cc2)c1. The first-order valence-corrected chi connectivity index (χ1v) is 7.74. The van der Waals surface area contributed by atoms with Crippen molar-refractivity contribution < 1.29 is 0 Å². The van der Waals surface area contributed by atoms with Crippen LogP contribution in [0.1, 0.15) is 28.3 Å². The summed E-state index contributed by atoms with van der Waals surface area (Å²) in [7, 11) is 0. The van der Waals surface area contributed by atoms with Gasteiger partial charge in [-0.25, -0.2) is 0 Å². The zero-order chi connectivity index (χ0) is 16.8. The number of nitriles is 2. The van der Waals surface area contributed by atoms with Crippen molar-refractivity contribution in [2.75, 3.05) is 19.6 Å². The van der Waals surface area contributed by atoms with E-state index in [2.05, 4.69) is 33.7 Å². The summed E-state index contributed by atoms with van der Waals surface area (Å²) in [6, 6.07) is 20.2. The summed E-state index contributed by atoms with van der Waals surface area (Å²) in [6.45, 7) is 2.89. The van der Waals surface area contributed by atoms with Gasteiger partial charge < -0.3 is 10.6 Å². The highest BCUT2D eigenvalue weighted by atomic mass is 15.1. The van der Waals surface area contributed by atoms with E-state index in [4.69, 9.17) is 10.5 Å². The van der Waals surface area contributed by atoms with Crippen molar-refractivity contribution in [3.8, 4) is 18.2 Å². The summed E-state index contributed by atoms with van der Waals surface area (Å²) in [6.07, 6.45) is 0. The van der Waals surface area contributed by atoms with E-state index in [1.165, 1.54) is 5.56 Å². The van der Waals surface area contributed by atoms with Gasteiger partial charge in [-0.2, -0.15) is 10.5 Å². The molecule has 5 heteroatoms. The molecule has 1 aliphatic heterocycles. The van der Waals surface area contributed by atoms with Crippen LogP contribution in [-0.4, -0.2) is 19.6 Å². The molecule has 0 saturated carbocycles. The van der Waals surface area contributed by atoms with Crippen molar-refractivity contribution in [3.05, 3.63) is 69.6 Å². The van der Waals surface area contributed by atoms with Gasteiger partial charge in [0, 0.05) is 37.8 Å². The molecular formula is C19H16N5+. The fraction of sp³-hybridized carbons (Fsp3) is 0.211. The van der Waals surface area contributed by atoms with E-state index in [1.807, 2.05) is 24.3 Å². The third-order valence-corrected chi connectivity index (χ3v) is 3.84. The highest BCUT2D eigenvalue weighted by Gasteiger charge is 2.14. The van der Waals surface area contributed by atoms with Crippen LogP contribution in [0.2, 0.25) is 0 Å². The number of piperazine rings is 1. The molecule has 0 aromatic heterocycles. The Morgan fingerprint density at radius 3 is 2.17 bits per heavy atom. The molecule has 0 aliphatic carbocycles. The first kappa shape index (κ1) is 15.7. The van der Waals surface area contributed by atoms with E-state index in [0.29, 0.717) is 22.7 Å². The Balaban J connectivity index is 1.79. The number of nitrogens with one attached hydrogen (secondary N) is 2. The Kier molecular flexibility index (Phi) is 4.84. The Morgan fingerprint density at radius 1 is 0.917 bits per heavy atom. The highest BCUT2D eigenvalue weighted by Crippen LogP contribution is 2.19. The summed E-state index contributed by atoms with van der Waals surface area (Å²) >= 11 is 0. The standard InChI is InChI=1S/C19H16N5/c20-10-14-7-15(11-21)9-16(8-14)12-24-18-3-1-17(2-4-18)19-13-22-5-6-23-19/h1-4,7-9,19,22-23H,5-6,13H2/q+1. The number of hydrogen-bond donors (Lipinski definition) is 2. The minimum Gasteiger partial charge on any atom is -0.314 e. The quantitative estimate of drug-likeness (QED) is 0.848. The van der Waals surface area contributed by atoms with Gasteiger partial charge in [-0.15, -0.1) is 0 Å². The molecule has 3 rings (SSSR count). The molecule has 116 valence electrons. The monoisotopic (exact) mass is 314 g/mol. The molecule has 2 aromatic rings. The molecule has 1 saturated heterocycles. The lowest BCUT2D eigenvalue weighted by Crippen LogP contribution is -2.42. The zero-order valence-electron chi connectivity index (χ0n) is 13.1. The van der Waals surface area contributed by atoms with Gasteiger partial charge in [0.05, 0.1) is 23.3 Å². The fourth-order valence-electron chi connectivity index (χ4n) is 2.62. The van der Waals surface area contributed by atoms with Crippen LogP contribution in [0.25, 0.3) is 4.85 Å². The molecule has 0 amide bonds. The highest BCUT2D eigenvalue weighted by molar-refractivity contribution is 5.53. The molecule has 0 bridgehead atoms. The largest absolute Gasteiger partial charge is 0.340 e. The Bertz CT molecular complexity index is 837. The minimum absolute atomic E-state index is 0.325. The average Bonchev–Trinajstić information content (AvgIpc) is 2.67. The first-order valence-electron chi connectivity index (χ1n) is 7.74. The van der Waals surface area contributed by atoms with Crippen LogP contribution >= 0.6 is 0 Å². The predicted octanol–water partition coefficient (Wildman–Crippen LogP) is 2.68. The van der Waals surface area contributed by atoms with E-state index >= 15 is 0 Å². The number of benzene rings is 2. The minimum atomic E-state index is 0.325. The van der Waals surface area contributed by atoms with Gasteiger partial charge in [0.2, 0.25) is 0 Å². The van der Waals surface area contributed by atoms with Gasteiger partial charge in [-0.1, -0.05) is 0 Å². The smallest absolute Gasteiger partial charge is 0.314 e. The number of rotatable bonds is 1. The van der Waals surface area contributed by atoms with Crippen LogP contribution in [0.15, 0.2) is 42.5 Å². The third kappa shape index (κ3) is 3.77. The van der Waals surface area contributed by atoms with Crippen LogP contribution in [0.4, 0.5) is 5.69 Å². The van der Waals surface area contributed by atoms with Gasteiger partial charge in [0.25, 0.3) is 0 Å². The molecule has 1 atom stereocenters. The summed E-state index contributed by atoms with van der Waals surface area (Å²) in [4.78, 5) is 4.31. The molecule has 5 nitrogen and oxygen atoms in total. The van der Waals surface area contributed by atoms with Crippen LogP contribution in [0.5, 0.6) is 0 Å². The molecule has 24 heavy (non-hydrogen) atoms. The molecule has 0 spiro atoms. The normalized spacial score (nSPS) is 16.3. The number of nitrogens with zero attached hydrogens (tertiary/aromatic N) is 3. The summed E-state index contributed by atoms with van der Waals surface area (Å²) in [5.41, 5.74) is 3.48. The second kappa shape index (κ2) is 7.40. The van der Waals surface area contributed by atoms with E-state index in [9.17, 15) is 0 Å². The molecule has 2 N–H and O–H groups in total. The third-order valence-electron chi connectivity index (χ3n) is 3.84. The Labute approximate surface area is 141 Å². The summed E-state index contributed by atoms with van der Waals surface area (Å²) < 4.78 is 0. The van der Waals surface area contributed by atoms with E-state index in [1.54, 1.807) is 18.2 Å². The molecule has 2 aromatic carbocycles. The molecule has 1 heterocycles. The molecule has 0 radical (unpaired) electrons. The molecule has 1 fully saturated rings. The Hall–Kier alpha value is -3.17. The molecular weight excluding hydrogens is 298 g/mol. The van der Waals surface area contributed by atoms with Crippen molar-refractivity contribution in [3.63, 3.8) is 0 Å². The predicted molar refractivity (Wildman–Crippen MR) is 91.9 cm³/mol. The fourth-order valence-corrected chi connectivity index (χ4v) is 2.62. The lowest BCUT2D eigenvalue weighted by molar-refractivity contribution is 0.430. The van der Waals surface area contributed by atoms with Gasteiger partial charge in [-0.05, 0) is 40.7 Å². The maximum Gasteiger partial charge on any atom is 0.340 e. The summed E-state index contributed by atoms with van der Waals surface area (Å²) in [5.74, 6) is 0. The first-order chi connectivity index (χ1) is 11.8. The maximum atomic E-state index is 8.99. The van der Waals surface area contributed by atoms with Crippen molar-refractivity contribution in [2.24, 2.45) is 0 Å². The zero-order valence-corrected chi connectivity index (χ0v) is 13.1. The van der Waals surface area contributed by atoms with Crippen LogP contribution in [0.3, 0.4) is 0 Å². The van der Waals surface area contributed by atoms with Crippen LogP contribution in [-0.2, 0) is 0 Å². The lowest BCUT2D eigenvalue weighted by Gasteiger charge is -2.24. The number of hydrogen-bond acceptors (Lipinski definition) is 4. The lowest BCUT2D eigenvalue weighted by atomic mass is 10.1. The van der Waals surface area contributed by atoms with E-state index in [-0.39, 0.29) is 0 Å². The van der Waals surface area contributed by atoms with Gasteiger partial charge in [0.1, 0.15) is 5.56 Å². The maximum absolute atomic E-state index is 8.99. The van der Waals surface area contributed by atoms with Crippen molar-refractivity contribution in [1.82, 2.24) is 10.6 Å². The average molecular weight is 314 g/mol. The van der Waals surface area contributed by atoms with Crippen LogP contribution < -0.4 is 10.6 Å². The van der Waals surface area contributed by atoms with Crippen LogP contribution in [0, 0.1) is 28.7 Å². The molecule has 1 unspecified atom stereocenters. The van der Waals surface area contributed by atoms with Gasteiger partial charge in [0.15, 0.2) is 0 Å². The van der Waals surface area contributed by atoms with Crippen molar-refractivity contribution in [2.45, 2.75) is 6.04 Å². The van der Waals surface area contributed by atoms with Crippen molar-refractivity contribution in [1.29, 1.82) is 10.5 Å². The topological polar surface area (TPSA) is 76.0 Å². The second-order valence-corrected chi connectivity index (χ2v) is 5.55. The van der Waals surface area contributed by atoms with Gasteiger partial charge in [-0.3, -0.25) is 0 Å². The Morgan fingerprint density at radius 2 is 1.58 bits per heavy atom. The van der Waals surface area contributed by atoms with Crippen molar-refractivity contribution >= 4 is 5.69 Å². The van der Waals surface area contributed by atoms with E-state index < -0.39 is 0 Å². The van der Waals surface area contributed by atoms with Gasteiger partial charge >= 0.3 is 11.8 Å². The molecule has 1 aliphatic rings. The van der Waals surface area contributed by atoms with E-state index in [0.717, 1.165) is 25.3 Å². The summed E-state index contributed by atoms with van der Waals surface area (Å²) in [5, 5.41) is 24.8. The second-order valence-electron chi connectivity index (χ2n) is 5.55.